The van der Waals surface area contributed by atoms with Gasteiger partial charge in [0.15, 0.2) is 0 Å². The molecule has 0 unspecified atom stereocenters. The topological polar surface area (TPSA) is 38.7 Å². The van der Waals surface area contributed by atoms with E-state index in [0.717, 1.165) is 18.2 Å². The molecule has 0 bridgehead atoms. The minimum absolute atomic E-state index is 0.863. The standard InChI is InChI=1S/C7H9N3/c1-2-6(1)3-7-9-4-8-5-10-7/h4-6H,1-3H2. The van der Waals surface area contributed by atoms with Gasteiger partial charge in [-0.05, 0) is 18.8 Å². The summed E-state index contributed by atoms with van der Waals surface area (Å²) in [5.74, 6) is 1.81. The molecule has 2 rings (SSSR count). The van der Waals surface area contributed by atoms with Crippen LogP contribution in [0, 0.1) is 5.92 Å². The minimum atomic E-state index is 0.863. The summed E-state index contributed by atoms with van der Waals surface area (Å²) in [6, 6.07) is 0. The highest BCUT2D eigenvalue weighted by Gasteiger charge is 2.22. The number of hydrogen-bond donors (Lipinski definition) is 0. The van der Waals surface area contributed by atoms with Gasteiger partial charge >= 0.3 is 0 Å². The van der Waals surface area contributed by atoms with Crippen LogP contribution >= 0.6 is 0 Å². The van der Waals surface area contributed by atoms with Crippen LogP contribution in [-0.4, -0.2) is 15.0 Å². The lowest BCUT2D eigenvalue weighted by Crippen LogP contribution is -1.95. The van der Waals surface area contributed by atoms with Crippen molar-refractivity contribution in [3.63, 3.8) is 0 Å². The molecule has 0 spiro atoms. The molecule has 0 aliphatic heterocycles. The molecule has 0 radical (unpaired) electrons. The third kappa shape index (κ3) is 1.29. The van der Waals surface area contributed by atoms with Crippen molar-refractivity contribution in [1.82, 2.24) is 15.0 Å². The van der Waals surface area contributed by atoms with Gasteiger partial charge in [-0.2, -0.15) is 0 Å². The highest BCUT2D eigenvalue weighted by atomic mass is 15.0. The van der Waals surface area contributed by atoms with E-state index in [1.807, 2.05) is 0 Å². The van der Waals surface area contributed by atoms with Crippen molar-refractivity contribution in [2.24, 2.45) is 5.92 Å². The molecule has 52 valence electrons. The molecule has 1 aromatic rings. The summed E-state index contributed by atoms with van der Waals surface area (Å²) in [6.07, 6.45) is 6.87. The van der Waals surface area contributed by atoms with E-state index in [2.05, 4.69) is 15.0 Å². The Hall–Kier alpha value is -0.990. The van der Waals surface area contributed by atoms with E-state index >= 15 is 0 Å². The summed E-state index contributed by atoms with van der Waals surface area (Å²) in [4.78, 5) is 11.8. The van der Waals surface area contributed by atoms with E-state index in [1.165, 1.54) is 12.8 Å². The van der Waals surface area contributed by atoms with E-state index in [-0.39, 0.29) is 0 Å². The molecule has 1 aromatic heterocycles. The predicted octanol–water partition coefficient (Wildman–Crippen LogP) is 0.824. The third-order valence-electron chi connectivity index (χ3n) is 1.72. The summed E-state index contributed by atoms with van der Waals surface area (Å²) in [7, 11) is 0. The molecule has 1 aliphatic carbocycles. The minimum Gasteiger partial charge on any atom is -0.225 e. The largest absolute Gasteiger partial charge is 0.225 e. The Morgan fingerprint density at radius 3 is 2.60 bits per heavy atom. The van der Waals surface area contributed by atoms with Gasteiger partial charge in [0.2, 0.25) is 0 Å². The average Bonchev–Trinajstić information content (AvgIpc) is 2.74. The lowest BCUT2D eigenvalue weighted by Gasteiger charge is -1.92. The van der Waals surface area contributed by atoms with Crippen molar-refractivity contribution in [2.45, 2.75) is 19.3 Å². The summed E-state index contributed by atoms with van der Waals surface area (Å²) in [5.41, 5.74) is 0. The Morgan fingerprint density at radius 2 is 2.00 bits per heavy atom. The van der Waals surface area contributed by atoms with Gasteiger partial charge in [0, 0.05) is 6.42 Å². The van der Waals surface area contributed by atoms with Crippen LogP contribution < -0.4 is 0 Å². The van der Waals surface area contributed by atoms with Crippen LogP contribution in [0.1, 0.15) is 18.7 Å². The summed E-state index contributed by atoms with van der Waals surface area (Å²) >= 11 is 0. The Bertz CT molecular complexity index is 205. The monoisotopic (exact) mass is 135 g/mol. The molecular weight excluding hydrogens is 126 g/mol. The van der Waals surface area contributed by atoms with Crippen molar-refractivity contribution in [3.8, 4) is 0 Å². The fourth-order valence-corrected chi connectivity index (χ4v) is 0.949. The Labute approximate surface area is 59.5 Å². The Morgan fingerprint density at radius 1 is 1.30 bits per heavy atom. The molecule has 10 heavy (non-hydrogen) atoms. The highest BCUT2D eigenvalue weighted by molar-refractivity contribution is 4.89. The lowest BCUT2D eigenvalue weighted by atomic mass is 10.3. The van der Waals surface area contributed by atoms with Crippen molar-refractivity contribution >= 4 is 0 Å². The Balaban J connectivity index is 2.03. The van der Waals surface area contributed by atoms with Crippen LogP contribution in [0.2, 0.25) is 0 Å². The Kier molecular flexibility index (Phi) is 1.34. The molecule has 0 N–H and O–H groups in total. The van der Waals surface area contributed by atoms with Gasteiger partial charge in [0.05, 0.1) is 0 Å². The van der Waals surface area contributed by atoms with Gasteiger partial charge in [-0.3, -0.25) is 0 Å². The van der Waals surface area contributed by atoms with E-state index < -0.39 is 0 Å². The normalized spacial score (nSPS) is 17.2. The first-order chi connectivity index (χ1) is 4.95. The third-order valence-corrected chi connectivity index (χ3v) is 1.72. The second kappa shape index (κ2) is 2.33. The lowest BCUT2D eigenvalue weighted by molar-refractivity contribution is 0.758. The second-order valence-electron chi connectivity index (χ2n) is 2.70. The molecular formula is C7H9N3. The predicted molar refractivity (Wildman–Crippen MR) is 36.3 cm³/mol. The van der Waals surface area contributed by atoms with Crippen LogP contribution in [0.15, 0.2) is 12.7 Å². The molecule has 1 aliphatic rings. The van der Waals surface area contributed by atoms with Gasteiger partial charge in [-0.15, -0.1) is 0 Å². The first-order valence-corrected chi connectivity index (χ1v) is 3.56. The SMILES string of the molecule is c1ncnc(CC2CC2)n1. The maximum absolute atomic E-state index is 4.04. The van der Waals surface area contributed by atoms with Gasteiger partial charge in [-0.25, -0.2) is 15.0 Å². The van der Waals surface area contributed by atoms with Crippen molar-refractivity contribution in [3.05, 3.63) is 18.5 Å². The van der Waals surface area contributed by atoms with E-state index in [1.54, 1.807) is 12.7 Å². The van der Waals surface area contributed by atoms with Crippen molar-refractivity contribution in [1.29, 1.82) is 0 Å². The van der Waals surface area contributed by atoms with Crippen LogP contribution in [0.5, 0.6) is 0 Å². The molecule has 3 nitrogen and oxygen atoms in total. The van der Waals surface area contributed by atoms with Crippen LogP contribution in [0.3, 0.4) is 0 Å². The number of hydrogen-bond acceptors (Lipinski definition) is 3. The van der Waals surface area contributed by atoms with Crippen molar-refractivity contribution in [2.75, 3.05) is 0 Å². The summed E-state index contributed by atoms with van der Waals surface area (Å²) in [6.45, 7) is 0. The quantitative estimate of drug-likeness (QED) is 0.602. The van der Waals surface area contributed by atoms with Gasteiger partial charge in [-0.1, -0.05) is 0 Å². The van der Waals surface area contributed by atoms with Crippen LogP contribution in [0.4, 0.5) is 0 Å². The van der Waals surface area contributed by atoms with Crippen LogP contribution in [0.25, 0.3) is 0 Å². The fourth-order valence-electron chi connectivity index (χ4n) is 0.949. The maximum Gasteiger partial charge on any atom is 0.132 e. The maximum atomic E-state index is 4.04. The zero-order chi connectivity index (χ0) is 6.81. The van der Waals surface area contributed by atoms with Crippen LogP contribution in [-0.2, 0) is 6.42 Å². The van der Waals surface area contributed by atoms with Gasteiger partial charge in [0.1, 0.15) is 18.5 Å². The zero-order valence-corrected chi connectivity index (χ0v) is 5.70. The first kappa shape index (κ1) is 5.77. The fraction of sp³-hybridized carbons (Fsp3) is 0.571. The average molecular weight is 135 g/mol. The molecule has 1 fully saturated rings. The molecule has 0 saturated heterocycles. The molecule has 1 heterocycles. The van der Waals surface area contributed by atoms with Gasteiger partial charge in [0.25, 0.3) is 0 Å². The van der Waals surface area contributed by atoms with E-state index in [4.69, 9.17) is 0 Å². The summed E-state index contributed by atoms with van der Waals surface area (Å²) < 4.78 is 0. The van der Waals surface area contributed by atoms with E-state index in [0.29, 0.717) is 0 Å². The molecule has 1 saturated carbocycles. The zero-order valence-electron chi connectivity index (χ0n) is 5.70. The second-order valence-corrected chi connectivity index (χ2v) is 2.70. The molecule has 0 aromatic carbocycles. The first-order valence-electron chi connectivity index (χ1n) is 3.56. The molecule has 0 atom stereocenters. The number of nitrogens with zero attached hydrogens (tertiary/aromatic N) is 3. The number of aromatic nitrogens is 3. The molecule has 3 heteroatoms. The highest BCUT2D eigenvalue weighted by Crippen LogP contribution is 2.31. The molecule has 0 amide bonds. The van der Waals surface area contributed by atoms with Crippen molar-refractivity contribution < 1.29 is 0 Å². The number of rotatable bonds is 2. The summed E-state index contributed by atoms with van der Waals surface area (Å²) in [5, 5.41) is 0. The van der Waals surface area contributed by atoms with Gasteiger partial charge < -0.3 is 0 Å². The van der Waals surface area contributed by atoms with E-state index in [9.17, 15) is 0 Å². The smallest absolute Gasteiger partial charge is 0.132 e.